The maximum atomic E-state index is 13.2. The van der Waals surface area contributed by atoms with Crippen LogP contribution in [0.3, 0.4) is 0 Å². The summed E-state index contributed by atoms with van der Waals surface area (Å²) < 4.78 is 10.5. The van der Waals surface area contributed by atoms with Crippen molar-refractivity contribution in [3.63, 3.8) is 0 Å². The lowest BCUT2D eigenvalue weighted by molar-refractivity contribution is -0.145. The summed E-state index contributed by atoms with van der Waals surface area (Å²) in [6, 6.07) is 14.9. The van der Waals surface area contributed by atoms with Gasteiger partial charge in [-0.3, -0.25) is 9.59 Å². The molecule has 0 bridgehead atoms. The predicted molar refractivity (Wildman–Crippen MR) is 129 cm³/mol. The highest BCUT2D eigenvalue weighted by Crippen LogP contribution is 2.36. The molecule has 8 nitrogen and oxygen atoms in total. The molecule has 1 unspecified atom stereocenters. The summed E-state index contributed by atoms with van der Waals surface area (Å²) in [6.45, 7) is 4.22. The molecule has 3 atom stereocenters. The summed E-state index contributed by atoms with van der Waals surface area (Å²) in [6.07, 6.45) is 0.791. The highest BCUT2D eigenvalue weighted by Gasteiger charge is 2.31. The van der Waals surface area contributed by atoms with Gasteiger partial charge in [-0.2, -0.15) is 5.26 Å². The Labute approximate surface area is 205 Å². The Morgan fingerprint density at radius 2 is 1.86 bits per heavy atom. The van der Waals surface area contributed by atoms with Crippen molar-refractivity contribution >= 4 is 17.8 Å². The fourth-order valence-corrected chi connectivity index (χ4v) is 4.15. The zero-order valence-electron chi connectivity index (χ0n) is 20.2. The second-order valence-corrected chi connectivity index (χ2v) is 9.10. The smallest absolute Gasteiger partial charge is 0.328 e. The Hall–Kier alpha value is -3.86. The van der Waals surface area contributed by atoms with Crippen LogP contribution in [0.1, 0.15) is 49.3 Å². The second kappa shape index (κ2) is 12.0. The number of nitriles is 1. The van der Waals surface area contributed by atoms with Crippen LogP contribution in [-0.4, -0.2) is 43.6 Å². The summed E-state index contributed by atoms with van der Waals surface area (Å²) in [5.41, 5.74) is 2.19. The highest BCUT2D eigenvalue weighted by molar-refractivity contribution is 5.91. The van der Waals surface area contributed by atoms with Crippen molar-refractivity contribution in [1.29, 1.82) is 5.26 Å². The molecule has 1 aliphatic heterocycles. The van der Waals surface area contributed by atoms with Gasteiger partial charge in [-0.1, -0.05) is 44.2 Å². The molecule has 2 aromatic rings. The normalized spacial score (nSPS) is 15.8. The topological polar surface area (TPSA) is 118 Å². The Kier molecular flexibility index (Phi) is 8.85. The van der Waals surface area contributed by atoms with Gasteiger partial charge in [0.1, 0.15) is 17.8 Å². The molecule has 0 aliphatic carbocycles. The van der Waals surface area contributed by atoms with Crippen molar-refractivity contribution in [3.8, 4) is 11.8 Å². The van der Waals surface area contributed by atoms with Crippen molar-refractivity contribution in [2.45, 2.75) is 51.1 Å². The van der Waals surface area contributed by atoms with E-state index < -0.39 is 24.0 Å². The summed E-state index contributed by atoms with van der Waals surface area (Å²) >= 11 is 0. The standard InChI is InChI=1S/C27H31N3O5/c1-17(2)11-23(27(33)34-3)30-26(32)22(13-18-7-5-4-6-8-18)29-25(31)14-20-16-35-24-10-9-19(15-28)12-21(20)24/h4-10,12,17,20,22-23H,11,13-14,16H2,1-3H3,(H,29,31)(H,30,32)/t20?,22-,23-/m0/s1. The predicted octanol–water partition coefficient (Wildman–Crippen LogP) is 2.86. The molecule has 0 aromatic heterocycles. The molecular weight excluding hydrogens is 446 g/mol. The van der Waals surface area contributed by atoms with E-state index in [-0.39, 0.29) is 30.6 Å². The zero-order valence-corrected chi connectivity index (χ0v) is 20.2. The lowest BCUT2D eigenvalue weighted by Gasteiger charge is -2.24. The Balaban J connectivity index is 1.74. The number of benzene rings is 2. The largest absolute Gasteiger partial charge is 0.493 e. The Morgan fingerprint density at radius 1 is 1.11 bits per heavy atom. The van der Waals surface area contributed by atoms with Crippen LogP contribution in [0.15, 0.2) is 48.5 Å². The molecule has 1 heterocycles. The minimum atomic E-state index is -0.878. The number of hydrogen-bond donors (Lipinski definition) is 2. The van der Waals surface area contributed by atoms with Gasteiger partial charge in [-0.25, -0.2) is 4.79 Å². The molecule has 0 saturated heterocycles. The lowest BCUT2D eigenvalue weighted by atomic mass is 9.95. The molecule has 184 valence electrons. The molecule has 8 heteroatoms. The molecule has 3 rings (SSSR count). The Morgan fingerprint density at radius 3 is 2.51 bits per heavy atom. The highest BCUT2D eigenvalue weighted by atomic mass is 16.5. The van der Waals surface area contributed by atoms with Gasteiger partial charge in [-0.15, -0.1) is 0 Å². The van der Waals surface area contributed by atoms with E-state index in [4.69, 9.17) is 9.47 Å². The number of nitrogens with one attached hydrogen (secondary N) is 2. The molecular formula is C27H31N3O5. The maximum Gasteiger partial charge on any atom is 0.328 e. The number of carbonyl (C=O) groups excluding carboxylic acids is 3. The fraction of sp³-hybridized carbons (Fsp3) is 0.407. The molecule has 0 spiro atoms. The van der Waals surface area contributed by atoms with Crippen LogP contribution in [0.4, 0.5) is 0 Å². The van der Waals surface area contributed by atoms with Crippen LogP contribution in [0, 0.1) is 17.2 Å². The zero-order chi connectivity index (χ0) is 25.4. The fourth-order valence-electron chi connectivity index (χ4n) is 4.15. The summed E-state index contributed by atoms with van der Waals surface area (Å²) in [5, 5.41) is 14.8. The number of methoxy groups -OCH3 is 1. The molecule has 0 saturated carbocycles. The number of hydrogen-bond acceptors (Lipinski definition) is 6. The molecule has 1 aliphatic rings. The minimum absolute atomic E-state index is 0.104. The van der Waals surface area contributed by atoms with Crippen molar-refractivity contribution < 1.29 is 23.9 Å². The third kappa shape index (κ3) is 7.06. The van der Waals surface area contributed by atoms with E-state index in [1.807, 2.05) is 44.2 Å². The van der Waals surface area contributed by atoms with Gasteiger partial charge < -0.3 is 20.1 Å². The first-order valence-electron chi connectivity index (χ1n) is 11.7. The van der Waals surface area contributed by atoms with Crippen LogP contribution >= 0.6 is 0 Å². The number of esters is 1. The maximum absolute atomic E-state index is 13.2. The molecule has 2 aromatic carbocycles. The van der Waals surface area contributed by atoms with Gasteiger partial charge in [-0.05, 0) is 36.1 Å². The summed E-state index contributed by atoms with van der Waals surface area (Å²) in [7, 11) is 1.28. The monoisotopic (exact) mass is 477 g/mol. The minimum Gasteiger partial charge on any atom is -0.493 e. The SMILES string of the molecule is COC(=O)[C@H](CC(C)C)NC(=O)[C@H](Cc1ccccc1)NC(=O)CC1COc2ccc(C#N)cc21. The number of rotatable bonds is 10. The average molecular weight is 478 g/mol. The van der Waals surface area contributed by atoms with E-state index in [9.17, 15) is 19.6 Å². The number of ether oxygens (including phenoxy) is 2. The third-order valence-corrected chi connectivity index (χ3v) is 5.89. The molecule has 0 radical (unpaired) electrons. The number of fused-ring (bicyclic) bond motifs is 1. The number of carbonyl (C=O) groups is 3. The van der Waals surface area contributed by atoms with Crippen molar-refractivity contribution in [2.24, 2.45) is 5.92 Å². The van der Waals surface area contributed by atoms with Crippen molar-refractivity contribution in [2.75, 3.05) is 13.7 Å². The first-order chi connectivity index (χ1) is 16.8. The van der Waals surface area contributed by atoms with E-state index in [0.29, 0.717) is 24.3 Å². The van der Waals surface area contributed by atoms with Gasteiger partial charge in [0.2, 0.25) is 11.8 Å². The van der Waals surface area contributed by atoms with Crippen molar-refractivity contribution in [3.05, 3.63) is 65.2 Å². The first kappa shape index (κ1) is 25.8. The molecule has 35 heavy (non-hydrogen) atoms. The third-order valence-electron chi connectivity index (χ3n) is 5.89. The van der Waals surface area contributed by atoms with Gasteiger partial charge in [0.05, 0.1) is 25.3 Å². The quantitative estimate of drug-likeness (QED) is 0.508. The molecule has 2 N–H and O–H groups in total. The summed E-state index contributed by atoms with van der Waals surface area (Å²) in [5.74, 6) is -0.693. The van der Waals surface area contributed by atoms with E-state index >= 15 is 0 Å². The lowest BCUT2D eigenvalue weighted by Crippen LogP contribution is -2.53. The van der Waals surface area contributed by atoms with Crippen LogP contribution in [0.25, 0.3) is 0 Å². The Bertz CT molecular complexity index is 1090. The first-order valence-corrected chi connectivity index (χ1v) is 11.7. The van der Waals surface area contributed by atoms with Crippen LogP contribution in [0.2, 0.25) is 0 Å². The molecule has 0 fully saturated rings. The van der Waals surface area contributed by atoms with Crippen molar-refractivity contribution in [1.82, 2.24) is 10.6 Å². The molecule has 2 amide bonds. The van der Waals surface area contributed by atoms with Crippen LogP contribution in [-0.2, 0) is 25.5 Å². The van der Waals surface area contributed by atoms with E-state index in [1.165, 1.54) is 7.11 Å². The van der Waals surface area contributed by atoms with Gasteiger partial charge in [0.25, 0.3) is 0 Å². The number of nitrogens with zero attached hydrogens (tertiary/aromatic N) is 1. The van der Waals surface area contributed by atoms with Gasteiger partial charge in [0.15, 0.2) is 0 Å². The van der Waals surface area contributed by atoms with Gasteiger partial charge in [0, 0.05) is 24.3 Å². The van der Waals surface area contributed by atoms with Crippen LogP contribution in [0.5, 0.6) is 5.75 Å². The number of amides is 2. The van der Waals surface area contributed by atoms with E-state index in [1.54, 1.807) is 18.2 Å². The van der Waals surface area contributed by atoms with Crippen LogP contribution < -0.4 is 15.4 Å². The van der Waals surface area contributed by atoms with Gasteiger partial charge >= 0.3 is 5.97 Å². The van der Waals surface area contributed by atoms with E-state index in [0.717, 1.165) is 11.1 Å². The summed E-state index contributed by atoms with van der Waals surface area (Å²) in [4.78, 5) is 38.5. The average Bonchev–Trinajstić information content (AvgIpc) is 3.24. The van der Waals surface area contributed by atoms with E-state index in [2.05, 4.69) is 16.7 Å². The second-order valence-electron chi connectivity index (χ2n) is 9.10.